The lowest BCUT2D eigenvalue weighted by atomic mass is 9.85. The average Bonchev–Trinajstić information content (AvgIpc) is 3.35. The molecule has 44 heavy (non-hydrogen) atoms. The van der Waals surface area contributed by atoms with Crippen LogP contribution < -0.4 is 15.5 Å². The molecule has 3 aliphatic heterocycles. The number of methoxy groups -OCH3 is 1. The second-order valence-electron chi connectivity index (χ2n) is 11.6. The number of nitrogens with zero attached hydrogens (tertiary/aromatic N) is 3. The maximum Gasteiger partial charge on any atom is 0.514 e. The van der Waals surface area contributed by atoms with Crippen molar-refractivity contribution >= 4 is 23.9 Å². The number of nitrogens with one attached hydrogen (secondary N) is 1. The van der Waals surface area contributed by atoms with Gasteiger partial charge in [0.15, 0.2) is 11.3 Å². The van der Waals surface area contributed by atoms with Crippen LogP contribution in [0.4, 0.5) is 13.6 Å². The molecule has 1 spiro atoms. The monoisotopic (exact) mass is 616 g/mol. The van der Waals surface area contributed by atoms with Gasteiger partial charge in [-0.15, -0.1) is 0 Å². The van der Waals surface area contributed by atoms with Crippen LogP contribution in [0.5, 0.6) is 5.75 Å². The van der Waals surface area contributed by atoms with Gasteiger partial charge in [-0.25, -0.2) is 13.6 Å². The van der Waals surface area contributed by atoms with Gasteiger partial charge in [-0.3, -0.25) is 14.4 Å². The van der Waals surface area contributed by atoms with Crippen molar-refractivity contribution in [3.05, 3.63) is 63.1 Å². The number of pyridine rings is 1. The Morgan fingerprint density at radius 2 is 2.02 bits per heavy atom. The largest absolute Gasteiger partial charge is 0.514 e. The highest BCUT2D eigenvalue weighted by atomic mass is 19.1. The Labute approximate surface area is 251 Å². The summed E-state index contributed by atoms with van der Waals surface area (Å²) in [6.45, 7) is 5.54. The zero-order chi connectivity index (χ0) is 31.8. The molecule has 2 amide bonds. The molecule has 1 aromatic heterocycles. The Hall–Kier alpha value is -4.49. The predicted molar refractivity (Wildman–Crippen MR) is 151 cm³/mol. The van der Waals surface area contributed by atoms with Crippen LogP contribution in [0.2, 0.25) is 0 Å². The number of hydrogen-bond donors (Lipinski definition) is 1. The van der Waals surface area contributed by atoms with E-state index in [1.807, 2.05) is 20.8 Å². The van der Waals surface area contributed by atoms with E-state index >= 15 is 0 Å². The summed E-state index contributed by atoms with van der Waals surface area (Å²) in [6, 6.07) is 1.95. The first-order chi connectivity index (χ1) is 20.9. The van der Waals surface area contributed by atoms with E-state index in [1.54, 1.807) is 4.90 Å². The predicted octanol–water partition coefficient (Wildman–Crippen LogP) is 3.92. The number of oxime groups is 1. The molecule has 1 fully saturated rings. The van der Waals surface area contributed by atoms with Gasteiger partial charge >= 0.3 is 6.16 Å². The second-order valence-corrected chi connectivity index (χ2v) is 11.6. The lowest BCUT2D eigenvalue weighted by molar-refractivity contribution is -0.0655. The molecule has 3 aliphatic rings. The van der Waals surface area contributed by atoms with E-state index < -0.39 is 58.0 Å². The molecular formula is C30H34F2N4O8. The molecule has 5 rings (SSSR count). The summed E-state index contributed by atoms with van der Waals surface area (Å²) < 4.78 is 44.9. The number of carbonyl (C=O) groups excluding carboxylic acids is 3. The molecule has 1 aromatic carbocycles. The average molecular weight is 617 g/mol. The van der Waals surface area contributed by atoms with Gasteiger partial charge in [-0.2, -0.15) is 0 Å². The van der Waals surface area contributed by atoms with E-state index in [0.29, 0.717) is 31.2 Å². The smallest absolute Gasteiger partial charge is 0.482 e. The summed E-state index contributed by atoms with van der Waals surface area (Å²) in [7, 11) is 1.46. The molecular weight excluding hydrogens is 582 g/mol. The summed E-state index contributed by atoms with van der Waals surface area (Å²) in [5.41, 5.74) is -2.77. The number of halogens is 2. The van der Waals surface area contributed by atoms with Gasteiger partial charge in [0.2, 0.25) is 17.1 Å². The first-order valence-corrected chi connectivity index (χ1v) is 14.4. The van der Waals surface area contributed by atoms with Crippen molar-refractivity contribution in [3.63, 3.8) is 0 Å². The summed E-state index contributed by atoms with van der Waals surface area (Å²) >= 11 is 0. The van der Waals surface area contributed by atoms with Gasteiger partial charge in [-0.05, 0) is 38.2 Å². The van der Waals surface area contributed by atoms with Crippen LogP contribution in [0.1, 0.15) is 78.9 Å². The third-order valence-corrected chi connectivity index (χ3v) is 8.30. The highest BCUT2D eigenvalue weighted by Crippen LogP contribution is 2.46. The van der Waals surface area contributed by atoms with Crippen LogP contribution in [0.3, 0.4) is 0 Å². The third kappa shape index (κ3) is 5.84. The van der Waals surface area contributed by atoms with Crippen molar-refractivity contribution < 1.29 is 42.2 Å². The Bertz CT molecular complexity index is 1570. The minimum absolute atomic E-state index is 0.0112. The number of aromatic nitrogens is 1. The van der Waals surface area contributed by atoms with Crippen molar-refractivity contribution in [1.82, 2.24) is 14.8 Å². The minimum atomic E-state index is -1.21. The number of ether oxygens (including phenoxy) is 3. The zero-order valence-electron chi connectivity index (χ0n) is 24.9. The first-order valence-electron chi connectivity index (χ1n) is 14.4. The molecule has 14 heteroatoms. The maximum atomic E-state index is 14.2. The van der Waals surface area contributed by atoms with Crippen molar-refractivity contribution in [2.45, 2.75) is 70.7 Å². The summed E-state index contributed by atoms with van der Waals surface area (Å²) in [4.78, 5) is 61.4. The molecule has 0 saturated carbocycles. The van der Waals surface area contributed by atoms with Crippen LogP contribution in [-0.4, -0.2) is 65.2 Å². The summed E-state index contributed by atoms with van der Waals surface area (Å²) in [5.74, 6) is -3.27. The molecule has 2 bridgehead atoms. The molecule has 236 valence electrons. The van der Waals surface area contributed by atoms with Gasteiger partial charge in [-0.1, -0.05) is 25.1 Å². The number of amides is 2. The quantitative estimate of drug-likeness (QED) is 0.463. The lowest BCUT2D eigenvalue weighted by Crippen LogP contribution is -2.52. The zero-order valence-corrected chi connectivity index (χ0v) is 24.9. The number of benzene rings is 1. The standard InChI is InChI=1S/C30H34F2N4O8/c1-16(2)8-10-42-29(40)43-26-24-28(39)35-15-22(30(9-7-17(35)3)12-23(41-4)34-44-30)36(24)14-20(25(26)37)27(38)33-13-18-5-6-19(31)11-21(18)32/h5-6,11,14,16-17,22H,7-10,12-13,15H2,1-4H3,(H,33,38)/t17-,22+,30-/m0/s1. The van der Waals surface area contributed by atoms with E-state index in [0.717, 1.165) is 6.07 Å². The van der Waals surface area contributed by atoms with Gasteiger partial charge in [0.1, 0.15) is 17.2 Å². The van der Waals surface area contributed by atoms with Gasteiger partial charge in [0, 0.05) is 37.0 Å². The van der Waals surface area contributed by atoms with Crippen LogP contribution in [0.15, 0.2) is 34.3 Å². The van der Waals surface area contributed by atoms with E-state index in [2.05, 4.69) is 10.5 Å². The van der Waals surface area contributed by atoms with Crippen molar-refractivity contribution in [2.24, 2.45) is 11.1 Å². The highest BCUT2D eigenvalue weighted by molar-refractivity contribution is 6.00. The van der Waals surface area contributed by atoms with Crippen LogP contribution in [0.25, 0.3) is 0 Å². The van der Waals surface area contributed by atoms with Crippen molar-refractivity contribution in [3.8, 4) is 5.75 Å². The summed E-state index contributed by atoms with van der Waals surface area (Å²) in [5, 5.41) is 6.54. The van der Waals surface area contributed by atoms with E-state index in [9.17, 15) is 28.0 Å². The molecule has 12 nitrogen and oxygen atoms in total. The lowest BCUT2D eigenvalue weighted by Gasteiger charge is -2.41. The molecule has 1 N–H and O–H groups in total. The third-order valence-electron chi connectivity index (χ3n) is 8.30. The maximum absolute atomic E-state index is 14.2. The van der Waals surface area contributed by atoms with E-state index in [-0.39, 0.29) is 49.3 Å². The van der Waals surface area contributed by atoms with Crippen molar-refractivity contribution in [1.29, 1.82) is 0 Å². The first kappa shape index (κ1) is 31.0. The van der Waals surface area contributed by atoms with Crippen LogP contribution >= 0.6 is 0 Å². The molecule has 0 unspecified atom stereocenters. The van der Waals surface area contributed by atoms with E-state index in [4.69, 9.17) is 19.0 Å². The minimum Gasteiger partial charge on any atom is -0.482 e. The fourth-order valence-electron chi connectivity index (χ4n) is 5.70. The number of rotatable bonds is 7. The highest BCUT2D eigenvalue weighted by Gasteiger charge is 2.55. The number of carbonyl (C=O) groups is 3. The molecule has 0 radical (unpaired) electrons. The fourth-order valence-corrected chi connectivity index (χ4v) is 5.70. The van der Waals surface area contributed by atoms with Gasteiger partial charge < -0.3 is 33.8 Å². The van der Waals surface area contributed by atoms with Crippen molar-refractivity contribution in [2.75, 3.05) is 20.3 Å². The van der Waals surface area contributed by atoms with Crippen LogP contribution in [0, 0.1) is 17.6 Å². The van der Waals surface area contributed by atoms with Gasteiger partial charge in [0.25, 0.3) is 11.8 Å². The van der Waals surface area contributed by atoms with E-state index in [1.165, 1.54) is 23.9 Å². The molecule has 2 aromatic rings. The molecule has 0 aliphatic carbocycles. The second kappa shape index (κ2) is 12.2. The SMILES string of the molecule is COC1=NO[C@@]2(CC[C@H](C)N3C[C@H]2n2cc(C(=O)NCc4ccc(F)cc4F)c(=O)c(OC(=O)OCCC(C)C)c2C3=O)C1. The fraction of sp³-hybridized carbons (Fsp3) is 0.500. The van der Waals surface area contributed by atoms with Gasteiger partial charge in [0.05, 0.1) is 26.2 Å². The number of hydrogen-bond acceptors (Lipinski definition) is 9. The summed E-state index contributed by atoms with van der Waals surface area (Å²) in [6.07, 6.45) is 1.80. The number of fused-ring (bicyclic) bond motifs is 5. The molecule has 1 saturated heterocycles. The Kier molecular flexibility index (Phi) is 8.62. The molecule has 3 atom stereocenters. The molecule has 4 heterocycles. The Balaban J connectivity index is 1.58. The van der Waals surface area contributed by atoms with Crippen LogP contribution in [-0.2, 0) is 20.9 Å². The normalized spacial score (nSPS) is 22.2. The Morgan fingerprint density at radius 3 is 2.70 bits per heavy atom. The topological polar surface area (TPSA) is 138 Å². The Morgan fingerprint density at radius 1 is 1.25 bits per heavy atom.